The zero-order chi connectivity index (χ0) is 21.3. The first-order valence-corrected chi connectivity index (χ1v) is 9.60. The molecule has 0 radical (unpaired) electrons. The zero-order valence-corrected chi connectivity index (χ0v) is 17.3. The monoisotopic (exact) mass is 404 g/mol. The van der Waals surface area contributed by atoms with Gasteiger partial charge in [-0.15, -0.1) is 0 Å². The van der Waals surface area contributed by atoms with Crippen molar-refractivity contribution in [2.24, 2.45) is 5.10 Å². The molecule has 0 saturated carbocycles. The second-order valence-electron chi connectivity index (χ2n) is 6.58. The third-order valence-corrected chi connectivity index (χ3v) is 4.41. The maximum atomic E-state index is 12.4. The summed E-state index contributed by atoms with van der Waals surface area (Å²) in [5.41, 5.74) is 6.19. The van der Waals surface area contributed by atoms with Gasteiger partial charge in [-0.2, -0.15) is 5.10 Å². The molecule has 0 aliphatic carbocycles. The van der Waals surface area contributed by atoms with Gasteiger partial charge in [-0.05, 0) is 24.1 Å². The van der Waals surface area contributed by atoms with Crippen molar-refractivity contribution < 1.29 is 14.3 Å². The fraction of sp³-hybridized carbons (Fsp3) is 0.217. The third kappa shape index (κ3) is 5.41. The molecule has 0 spiro atoms. The van der Waals surface area contributed by atoms with Gasteiger partial charge >= 0.3 is 0 Å². The Hall–Kier alpha value is -3.74. The van der Waals surface area contributed by atoms with Crippen LogP contribution in [0, 0.1) is 0 Å². The van der Waals surface area contributed by atoms with E-state index in [9.17, 15) is 4.79 Å². The van der Waals surface area contributed by atoms with Gasteiger partial charge in [-0.1, -0.05) is 37.6 Å². The Labute approximate surface area is 175 Å². The molecule has 0 unspecified atom stereocenters. The molecule has 0 fully saturated rings. The molecule has 1 heterocycles. The van der Waals surface area contributed by atoms with Gasteiger partial charge < -0.3 is 9.47 Å². The van der Waals surface area contributed by atoms with E-state index in [1.54, 1.807) is 38.6 Å². The molecule has 0 bridgehead atoms. The summed E-state index contributed by atoms with van der Waals surface area (Å²) in [4.78, 5) is 21.0. The largest absolute Gasteiger partial charge is 0.497 e. The van der Waals surface area contributed by atoms with Crippen LogP contribution in [-0.4, -0.2) is 36.3 Å². The van der Waals surface area contributed by atoms with Crippen molar-refractivity contribution in [1.29, 1.82) is 0 Å². The molecule has 3 aromatic rings. The number of ether oxygens (including phenoxy) is 2. The molecular weight excluding hydrogens is 380 g/mol. The van der Waals surface area contributed by atoms with E-state index < -0.39 is 5.91 Å². The Kier molecular flexibility index (Phi) is 7.10. The van der Waals surface area contributed by atoms with Gasteiger partial charge in [0, 0.05) is 17.2 Å². The van der Waals surface area contributed by atoms with Crippen LogP contribution >= 0.6 is 0 Å². The van der Waals surface area contributed by atoms with E-state index in [0.717, 1.165) is 24.0 Å². The maximum Gasteiger partial charge on any atom is 0.291 e. The number of rotatable bonds is 8. The standard InChI is InChI=1S/C23H24N4O3/c1-4-5-16-6-8-18(9-7-16)21-14-24-15-22(26-21)23(28)27-25-13-17-10-19(29-2)12-20(11-17)30-3/h6-15H,4-5H2,1-3H3,(H,27,28). The number of hydrogen-bond acceptors (Lipinski definition) is 6. The van der Waals surface area contributed by atoms with E-state index in [1.165, 1.54) is 18.0 Å². The topological polar surface area (TPSA) is 85.7 Å². The van der Waals surface area contributed by atoms with Crippen LogP contribution in [0.3, 0.4) is 0 Å². The number of nitrogens with one attached hydrogen (secondary N) is 1. The van der Waals surface area contributed by atoms with Crippen molar-refractivity contribution in [3.8, 4) is 22.8 Å². The number of carbonyl (C=O) groups excluding carboxylic acids is 1. The van der Waals surface area contributed by atoms with E-state index in [-0.39, 0.29) is 5.69 Å². The fourth-order valence-corrected chi connectivity index (χ4v) is 2.87. The van der Waals surface area contributed by atoms with E-state index in [2.05, 4.69) is 39.6 Å². The van der Waals surface area contributed by atoms with E-state index in [1.807, 2.05) is 12.1 Å². The van der Waals surface area contributed by atoms with Gasteiger partial charge in [0.05, 0.1) is 38.5 Å². The summed E-state index contributed by atoms with van der Waals surface area (Å²) in [5, 5.41) is 4.00. The number of aryl methyl sites for hydroxylation is 1. The molecular formula is C23H24N4O3. The van der Waals surface area contributed by atoms with Crippen molar-refractivity contribution in [2.75, 3.05) is 14.2 Å². The summed E-state index contributed by atoms with van der Waals surface area (Å²) in [6.07, 6.45) is 6.68. The van der Waals surface area contributed by atoms with Crippen LogP contribution in [0.5, 0.6) is 11.5 Å². The van der Waals surface area contributed by atoms with Gasteiger partial charge in [0.15, 0.2) is 0 Å². The Morgan fingerprint density at radius 1 is 1.07 bits per heavy atom. The predicted octanol–water partition coefficient (Wildman–Crippen LogP) is 3.88. The van der Waals surface area contributed by atoms with Crippen LogP contribution in [0.2, 0.25) is 0 Å². The van der Waals surface area contributed by atoms with E-state index in [4.69, 9.17) is 9.47 Å². The number of nitrogens with zero attached hydrogens (tertiary/aromatic N) is 3. The maximum absolute atomic E-state index is 12.4. The van der Waals surface area contributed by atoms with E-state index >= 15 is 0 Å². The smallest absolute Gasteiger partial charge is 0.291 e. The lowest BCUT2D eigenvalue weighted by Crippen LogP contribution is -2.19. The molecule has 3 rings (SSSR count). The number of benzene rings is 2. The highest BCUT2D eigenvalue weighted by molar-refractivity contribution is 5.93. The second kappa shape index (κ2) is 10.2. The van der Waals surface area contributed by atoms with E-state index in [0.29, 0.717) is 17.2 Å². The summed E-state index contributed by atoms with van der Waals surface area (Å²) in [6, 6.07) is 13.4. The van der Waals surface area contributed by atoms with Crippen molar-refractivity contribution in [3.63, 3.8) is 0 Å². The molecule has 154 valence electrons. The molecule has 1 aromatic heterocycles. The molecule has 0 aliphatic rings. The van der Waals surface area contributed by atoms with Crippen molar-refractivity contribution in [1.82, 2.24) is 15.4 Å². The Morgan fingerprint density at radius 3 is 2.40 bits per heavy atom. The summed E-state index contributed by atoms with van der Waals surface area (Å²) < 4.78 is 10.4. The summed E-state index contributed by atoms with van der Waals surface area (Å²) >= 11 is 0. The Balaban J connectivity index is 1.70. The molecule has 0 aliphatic heterocycles. The highest BCUT2D eigenvalue weighted by Crippen LogP contribution is 2.21. The minimum atomic E-state index is -0.446. The molecule has 1 amide bonds. The third-order valence-electron chi connectivity index (χ3n) is 4.41. The molecule has 0 saturated heterocycles. The van der Waals surface area contributed by atoms with Gasteiger partial charge in [0.1, 0.15) is 17.2 Å². The normalized spacial score (nSPS) is 10.8. The Bertz CT molecular complexity index is 1010. The molecule has 7 heteroatoms. The lowest BCUT2D eigenvalue weighted by Gasteiger charge is -2.06. The van der Waals surface area contributed by atoms with Crippen LogP contribution < -0.4 is 14.9 Å². The predicted molar refractivity (Wildman–Crippen MR) is 116 cm³/mol. The summed E-state index contributed by atoms with van der Waals surface area (Å²) in [6.45, 7) is 2.15. The number of carbonyl (C=O) groups is 1. The van der Waals surface area contributed by atoms with Crippen molar-refractivity contribution in [3.05, 3.63) is 71.7 Å². The highest BCUT2D eigenvalue weighted by Gasteiger charge is 2.09. The molecule has 1 N–H and O–H groups in total. The second-order valence-corrected chi connectivity index (χ2v) is 6.58. The average Bonchev–Trinajstić information content (AvgIpc) is 2.79. The van der Waals surface area contributed by atoms with Crippen LogP contribution in [-0.2, 0) is 6.42 Å². The Morgan fingerprint density at radius 2 is 1.77 bits per heavy atom. The lowest BCUT2D eigenvalue weighted by atomic mass is 10.1. The number of hydrogen-bond donors (Lipinski definition) is 1. The van der Waals surface area contributed by atoms with Gasteiger partial charge in [0.25, 0.3) is 5.91 Å². The number of methoxy groups -OCH3 is 2. The van der Waals surface area contributed by atoms with Crippen molar-refractivity contribution >= 4 is 12.1 Å². The number of aromatic nitrogens is 2. The fourth-order valence-electron chi connectivity index (χ4n) is 2.87. The van der Waals surface area contributed by atoms with Crippen LogP contribution in [0.1, 0.15) is 35.0 Å². The van der Waals surface area contributed by atoms with Crippen LogP contribution in [0.15, 0.2) is 60.0 Å². The number of amides is 1. The quantitative estimate of drug-likeness (QED) is 0.455. The van der Waals surface area contributed by atoms with Gasteiger partial charge in [0.2, 0.25) is 0 Å². The first-order chi connectivity index (χ1) is 14.6. The minimum Gasteiger partial charge on any atom is -0.497 e. The summed E-state index contributed by atoms with van der Waals surface area (Å²) in [7, 11) is 3.14. The van der Waals surface area contributed by atoms with Crippen LogP contribution in [0.25, 0.3) is 11.3 Å². The first kappa shape index (κ1) is 21.0. The minimum absolute atomic E-state index is 0.186. The molecule has 0 atom stereocenters. The van der Waals surface area contributed by atoms with Gasteiger partial charge in [-0.25, -0.2) is 10.4 Å². The first-order valence-electron chi connectivity index (χ1n) is 9.60. The zero-order valence-electron chi connectivity index (χ0n) is 17.3. The molecule has 30 heavy (non-hydrogen) atoms. The van der Waals surface area contributed by atoms with Crippen molar-refractivity contribution in [2.45, 2.75) is 19.8 Å². The summed E-state index contributed by atoms with van der Waals surface area (Å²) in [5.74, 6) is 0.814. The lowest BCUT2D eigenvalue weighted by molar-refractivity contribution is 0.0950. The highest BCUT2D eigenvalue weighted by atomic mass is 16.5. The SMILES string of the molecule is CCCc1ccc(-c2cncc(C(=O)NN=Cc3cc(OC)cc(OC)c3)n2)cc1. The van der Waals surface area contributed by atoms with Crippen LogP contribution in [0.4, 0.5) is 0 Å². The average molecular weight is 404 g/mol. The molecule has 2 aromatic carbocycles. The number of hydrazone groups is 1. The van der Waals surface area contributed by atoms with Gasteiger partial charge in [-0.3, -0.25) is 9.78 Å². The molecule has 7 nitrogen and oxygen atoms in total.